The van der Waals surface area contributed by atoms with Crippen LogP contribution in [0.1, 0.15) is 11.1 Å². The van der Waals surface area contributed by atoms with E-state index in [1.54, 1.807) is 16.4 Å². The molecule has 8 heteroatoms. The highest BCUT2D eigenvalue weighted by molar-refractivity contribution is 9.10. The molecule has 0 fully saturated rings. The van der Waals surface area contributed by atoms with Gasteiger partial charge in [-0.05, 0) is 48.0 Å². The van der Waals surface area contributed by atoms with E-state index in [9.17, 15) is 4.79 Å². The molecular formula is C29H19BrN4O2S. The van der Waals surface area contributed by atoms with E-state index < -0.39 is 0 Å². The molecule has 0 saturated carbocycles. The highest BCUT2D eigenvalue weighted by Crippen LogP contribution is 2.44. The minimum absolute atomic E-state index is 0.0204. The molecule has 37 heavy (non-hydrogen) atoms. The van der Waals surface area contributed by atoms with Crippen LogP contribution in [0.2, 0.25) is 0 Å². The van der Waals surface area contributed by atoms with Crippen molar-refractivity contribution >= 4 is 49.6 Å². The van der Waals surface area contributed by atoms with E-state index >= 15 is 0 Å². The van der Waals surface area contributed by atoms with Crippen LogP contribution in [-0.4, -0.2) is 19.6 Å². The van der Waals surface area contributed by atoms with Crippen molar-refractivity contribution in [2.75, 3.05) is 0 Å². The van der Waals surface area contributed by atoms with Gasteiger partial charge in [0.05, 0.1) is 22.1 Å². The lowest BCUT2D eigenvalue weighted by atomic mass is 10.0. The van der Waals surface area contributed by atoms with Gasteiger partial charge in [-0.2, -0.15) is 0 Å². The summed E-state index contributed by atoms with van der Waals surface area (Å²) in [5.74, 6) is 0.621. The second-order valence-corrected chi connectivity index (χ2v) is 10.9. The third-order valence-corrected chi connectivity index (χ3v) is 8.11. The summed E-state index contributed by atoms with van der Waals surface area (Å²) in [7, 11) is 0. The van der Waals surface area contributed by atoms with Gasteiger partial charge in [0, 0.05) is 32.4 Å². The van der Waals surface area contributed by atoms with Gasteiger partial charge in [0.1, 0.15) is 11.3 Å². The van der Waals surface area contributed by atoms with Crippen molar-refractivity contribution < 1.29 is 4.74 Å². The van der Waals surface area contributed by atoms with E-state index in [-0.39, 0.29) is 12.2 Å². The van der Waals surface area contributed by atoms with Gasteiger partial charge < -0.3 is 9.30 Å². The predicted molar refractivity (Wildman–Crippen MR) is 149 cm³/mol. The SMILES string of the molecule is O=c1c(Cc2ccccc2)cn2c3c(cc(OCn4nnc5ccccc54)cc13)Sc1ccc(Br)cc1-2. The summed E-state index contributed by atoms with van der Waals surface area (Å²) >= 11 is 5.26. The Morgan fingerprint density at radius 2 is 1.76 bits per heavy atom. The molecule has 7 rings (SSSR count). The van der Waals surface area contributed by atoms with Gasteiger partial charge in [0.2, 0.25) is 0 Å². The lowest BCUT2D eigenvalue weighted by molar-refractivity contribution is 0.223. The van der Waals surface area contributed by atoms with Crippen LogP contribution in [0.3, 0.4) is 0 Å². The van der Waals surface area contributed by atoms with Gasteiger partial charge in [-0.15, -0.1) is 5.10 Å². The van der Waals surface area contributed by atoms with Gasteiger partial charge in [0.15, 0.2) is 12.2 Å². The summed E-state index contributed by atoms with van der Waals surface area (Å²) < 4.78 is 11.0. The van der Waals surface area contributed by atoms with Crippen LogP contribution in [-0.2, 0) is 13.2 Å². The minimum atomic E-state index is 0.0204. The molecule has 0 unspecified atom stereocenters. The Morgan fingerprint density at radius 1 is 0.919 bits per heavy atom. The number of aromatic nitrogens is 4. The molecule has 6 aromatic rings. The number of nitrogens with zero attached hydrogens (tertiary/aromatic N) is 4. The summed E-state index contributed by atoms with van der Waals surface area (Å²) in [5, 5.41) is 9.07. The number of halogens is 1. The molecule has 0 spiro atoms. The number of benzene rings is 4. The molecule has 1 aliphatic rings. The molecular weight excluding hydrogens is 548 g/mol. The first-order valence-electron chi connectivity index (χ1n) is 11.8. The fourth-order valence-corrected chi connectivity index (χ4v) is 6.24. The average Bonchev–Trinajstić information content (AvgIpc) is 3.34. The number of fused-ring (bicyclic) bond motifs is 3. The number of pyridine rings is 1. The third-order valence-electron chi connectivity index (χ3n) is 6.52. The number of hydrogen-bond acceptors (Lipinski definition) is 5. The molecule has 0 atom stereocenters. The first-order chi connectivity index (χ1) is 18.1. The van der Waals surface area contributed by atoms with Crippen molar-refractivity contribution in [2.24, 2.45) is 0 Å². The minimum Gasteiger partial charge on any atom is -0.471 e. The average molecular weight is 567 g/mol. The number of rotatable bonds is 5. The Hall–Kier alpha value is -3.88. The standard InChI is InChI=1S/C29H19BrN4O2S/c30-20-10-11-26-25(13-20)33-16-19(12-18-6-2-1-3-7-18)29(35)22-14-21(15-27(37-26)28(22)33)36-17-34-24-9-5-4-8-23(24)31-32-34/h1-11,13-16H,12,17H2. The maximum atomic E-state index is 13.8. The van der Waals surface area contributed by atoms with Crippen LogP contribution in [0.15, 0.2) is 110 Å². The Balaban J connectivity index is 1.37. The second-order valence-electron chi connectivity index (χ2n) is 8.90. The first kappa shape index (κ1) is 22.3. The Kier molecular flexibility index (Phi) is 5.37. The summed E-state index contributed by atoms with van der Waals surface area (Å²) in [4.78, 5) is 15.9. The van der Waals surface area contributed by atoms with E-state index in [1.807, 2.05) is 79.0 Å². The normalized spacial score (nSPS) is 12.1. The molecule has 0 bridgehead atoms. The fourth-order valence-electron chi connectivity index (χ4n) is 4.78. The first-order valence-corrected chi connectivity index (χ1v) is 13.4. The molecule has 0 N–H and O–H groups in total. The molecule has 1 aliphatic heterocycles. The highest BCUT2D eigenvalue weighted by atomic mass is 79.9. The van der Waals surface area contributed by atoms with Gasteiger partial charge in [-0.25, -0.2) is 4.68 Å². The molecule has 4 aromatic carbocycles. The summed E-state index contributed by atoms with van der Waals surface area (Å²) in [6.07, 6.45) is 2.55. The third kappa shape index (κ3) is 3.93. The zero-order chi connectivity index (χ0) is 24.9. The monoisotopic (exact) mass is 566 g/mol. The molecule has 0 saturated heterocycles. The molecule has 0 radical (unpaired) electrons. The Morgan fingerprint density at radius 3 is 2.65 bits per heavy atom. The second kappa shape index (κ2) is 8.90. The predicted octanol–water partition coefficient (Wildman–Crippen LogP) is 6.59. The van der Waals surface area contributed by atoms with Crippen LogP contribution >= 0.6 is 27.7 Å². The van der Waals surface area contributed by atoms with Gasteiger partial charge in [0.25, 0.3) is 0 Å². The van der Waals surface area contributed by atoms with Crippen molar-refractivity contribution in [3.05, 3.63) is 117 Å². The maximum Gasteiger partial charge on any atom is 0.193 e. The highest BCUT2D eigenvalue weighted by Gasteiger charge is 2.23. The van der Waals surface area contributed by atoms with Crippen LogP contribution in [0.5, 0.6) is 5.75 Å². The molecule has 0 aliphatic carbocycles. The Bertz CT molecular complexity index is 1880. The van der Waals surface area contributed by atoms with Crippen LogP contribution < -0.4 is 10.2 Å². The lowest BCUT2D eigenvalue weighted by Gasteiger charge is -2.24. The van der Waals surface area contributed by atoms with Crippen LogP contribution in [0, 0.1) is 0 Å². The zero-order valence-electron chi connectivity index (χ0n) is 19.5. The van der Waals surface area contributed by atoms with E-state index in [1.165, 1.54) is 0 Å². The van der Waals surface area contributed by atoms with E-state index in [2.05, 4.69) is 42.9 Å². The molecule has 3 heterocycles. The zero-order valence-corrected chi connectivity index (χ0v) is 21.9. The Labute approximate surface area is 224 Å². The fraction of sp³-hybridized carbons (Fsp3) is 0.0690. The number of ether oxygens (including phenoxy) is 1. The van der Waals surface area contributed by atoms with Crippen molar-refractivity contribution in [3.8, 4) is 11.4 Å². The summed E-state index contributed by atoms with van der Waals surface area (Å²) in [6.45, 7) is 0.192. The van der Waals surface area contributed by atoms with Crippen molar-refractivity contribution in [3.63, 3.8) is 0 Å². The molecule has 0 amide bonds. The largest absolute Gasteiger partial charge is 0.471 e. The van der Waals surface area contributed by atoms with Gasteiger partial charge >= 0.3 is 0 Å². The molecule has 180 valence electrons. The van der Waals surface area contributed by atoms with Crippen LogP contribution in [0.25, 0.3) is 27.6 Å². The number of hydrogen-bond donors (Lipinski definition) is 0. The van der Waals surface area contributed by atoms with E-state index in [4.69, 9.17) is 4.74 Å². The summed E-state index contributed by atoms with van der Waals surface area (Å²) in [6, 6.07) is 27.9. The van der Waals surface area contributed by atoms with Crippen LogP contribution in [0.4, 0.5) is 0 Å². The van der Waals surface area contributed by atoms with E-state index in [0.29, 0.717) is 17.6 Å². The molecule has 2 aromatic heterocycles. The quantitative estimate of drug-likeness (QED) is 0.235. The molecule has 6 nitrogen and oxygen atoms in total. The smallest absolute Gasteiger partial charge is 0.193 e. The van der Waals surface area contributed by atoms with Crippen molar-refractivity contribution in [1.29, 1.82) is 0 Å². The summed E-state index contributed by atoms with van der Waals surface area (Å²) in [5.41, 5.74) is 5.51. The van der Waals surface area contributed by atoms with E-state index in [0.717, 1.165) is 47.6 Å². The van der Waals surface area contributed by atoms with Gasteiger partial charge in [-0.1, -0.05) is 75.4 Å². The lowest BCUT2D eigenvalue weighted by Crippen LogP contribution is -2.17. The van der Waals surface area contributed by atoms with Gasteiger partial charge in [-0.3, -0.25) is 4.79 Å². The van der Waals surface area contributed by atoms with Crippen molar-refractivity contribution in [2.45, 2.75) is 22.9 Å². The number of para-hydroxylation sites is 1. The van der Waals surface area contributed by atoms with Crippen molar-refractivity contribution in [1.82, 2.24) is 19.6 Å². The topological polar surface area (TPSA) is 61.9 Å². The maximum absolute atomic E-state index is 13.8.